The van der Waals surface area contributed by atoms with Crippen LogP contribution in [0.25, 0.3) is 0 Å². The Morgan fingerprint density at radius 2 is 2.28 bits per heavy atom. The number of aryl methyl sites for hydroxylation is 1. The average Bonchev–Trinajstić information content (AvgIpc) is 3.15. The minimum absolute atomic E-state index is 0.00273. The standard InChI is InChI=1S/C15H18N2O/c1-3-8-17(10-12-4-5-12)15(18)13-6-7-14(16)11(2)9-13/h1,6-7,9,12H,4-5,8,10,16H2,2H3. The molecule has 18 heavy (non-hydrogen) atoms. The number of nitrogen functional groups attached to an aromatic ring is 1. The summed E-state index contributed by atoms with van der Waals surface area (Å²) in [7, 11) is 0. The fraction of sp³-hybridized carbons (Fsp3) is 0.400. The summed E-state index contributed by atoms with van der Waals surface area (Å²) in [5, 5.41) is 0. The van der Waals surface area contributed by atoms with Crippen LogP contribution in [0, 0.1) is 25.2 Å². The van der Waals surface area contributed by atoms with E-state index in [2.05, 4.69) is 5.92 Å². The third-order valence-corrected chi connectivity index (χ3v) is 3.26. The Balaban J connectivity index is 2.15. The minimum Gasteiger partial charge on any atom is -0.399 e. The van der Waals surface area contributed by atoms with Crippen molar-refractivity contribution in [3.63, 3.8) is 0 Å². The van der Waals surface area contributed by atoms with E-state index in [4.69, 9.17) is 12.2 Å². The second kappa shape index (κ2) is 5.14. The SMILES string of the molecule is C#CCN(CC1CC1)C(=O)c1ccc(N)c(C)c1. The summed E-state index contributed by atoms with van der Waals surface area (Å²) in [4.78, 5) is 14.1. The molecule has 1 amide bonds. The molecule has 1 aromatic rings. The number of amides is 1. The predicted octanol–water partition coefficient (Wildman–Crippen LogP) is 2.06. The molecule has 1 aliphatic carbocycles. The Hall–Kier alpha value is -1.95. The first-order valence-corrected chi connectivity index (χ1v) is 6.20. The normalized spacial score (nSPS) is 14.0. The third-order valence-electron chi connectivity index (χ3n) is 3.26. The van der Waals surface area contributed by atoms with Gasteiger partial charge in [0.15, 0.2) is 0 Å². The lowest BCUT2D eigenvalue weighted by Crippen LogP contribution is -2.33. The van der Waals surface area contributed by atoms with Crippen molar-refractivity contribution in [3.8, 4) is 12.3 Å². The van der Waals surface area contributed by atoms with Gasteiger partial charge < -0.3 is 10.6 Å². The minimum atomic E-state index is 0.00273. The van der Waals surface area contributed by atoms with Gasteiger partial charge in [-0.3, -0.25) is 4.79 Å². The maximum atomic E-state index is 12.4. The number of carbonyl (C=O) groups excluding carboxylic acids is 1. The Morgan fingerprint density at radius 1 is 1.56 bits per heavy atom. The van der Waals surface area contributed by atoms with Gasteiger partial charge in [0, 0.05) is 17.8 Å². The Kier molecular flexibility index (Phi) is 3.57. The summed E-state index contributed by atoms with van der Waals surface area (Å²) in [5.74, 6) is 3.20. The van der Waals surface area contributed by atoms with Gasteiger partial charge in [0.05, 0.1) is 6.54 Å². The average molecular weight is 242 g/mol. The Morgan fingerprint density at radius 3 is 2.83 bits per heavy atom. The fourth-order valence-electron chi connectivity index (χ4n) is 1.93. The van der Waals surface area contributed by atoms with Gasteiger partial charge in [0.2, 0.25) is 0 Å². The van der Waals surface area contributed by atoms with Gasteiger partial charge in [-0.1, -0.05) is 5.92 Å². The molecule has 0 atom stereocenters. The smallest absolute Gasteiger partial charge is 0.254 e. The van der Waals surface area contributed by atoms with E-state index in [0.717, 1.165) is 12.1 Å². The number of terminal acetylenes is 1. The molecule has 3 heteroatoms. The zero-order valence-electron chi connectivity index (χ0n) is 10.6. The molecule has 0 heterocycles. The van der Waals surface area contributed by atoms with Crippen molar-refractivity contribution in [2.75, 3.05) is 18.8 Å². The van der Waals surface area contributed by atoms with Crippen LogP contribution in [0.3, 0.4) is 0 Å². The summed E-state index contributed by atoms with van der Waals surface area (Å²) in [6.07, 6.45) is 7.74. The maximum absolute atomic E-state index is 12.4. The van der Waals surface area contributed by atoms with Crippen LogP contribution in [-0.2, 0) is 0 Å². The van der Waals surface area contributed by atoms with Gasteiger partial charge in [-0.25, -0.2) is 0 Å². The van der Waals surface area contributed by atoms with Crippen LogP contribution in [0.15, 0.2) is 18.2 Å². The second-order valence-electron chi connectivity index (χ2n) is 4.90. The van der Waals surface area contributed by atoms with E-state index in [1.165, 1.54) is 12.8 Å². The second-order valence-corrected chi connectivity index (χ2v) is 4.90. The Bertz CT molecular complexity index is 498. The van der Waals surface area contributed by atoms with E-state index in [1.807, 2.05) is 13.0 Å². The van der Waals surface area contributed by atoms with Gasteiger partial charge in [-0.05, 0) is 49.4 Å². The van der Waals surface area contributed by atoms with Crippen LogP contribution >= 0.6 is 0 Å². The van der Waals surface area contributed by atoms with Crippen LogP contribution in [0.2, 0.25) is 0 Å². The number of carbonyl (C=O) groups is 1. The lowest BCUT2D eigenvalue weighted by molar-refractivity contribution is 0.0769. The van der Waals surface area contributed by atoms with E-state index in [1.54, 1.807) is 17.0 Å². The lowest BCUT2D eigenvalue weighted by atomic mass is 10.1. The van der Waals surface area contributed by atoms with Gasteiger partial charge in [-0.2, -0.15) is 0 Å². The van der Waals surface area contributed by atoms with Gasteiger partial charge in [0.25, 0.3) is 5.91 Å². The first kappa shape index (κ1) is 12.5. The summed E-state index contributed by atoms with van der Waals surface area (Å²) in [6.45, 7) is 3.05. The molecule has 2 rings (SSSR count). The van der Waals surface area contributed by atoms with Crippen LogP contribution < -0.4 is 5.73 Å². The number of anilines is 1. The largest absolute Gasteiger partial charge is 0.399 e. The molecule has 2 N–H and O–H groups in total. The molecular weight excluding hydrogens is 224 g/mol. The molecule has 0 unspecified atom stereocenters. The molecule has 0 bridgehead atoms. The van der Waals surface area contributed by atoms with Crippen LogP contribution in [0.1, 0.15) is 28.8 Å². The molecule has 0 saturated heterocycles. The van der Waals surface area contributed by atoms with Crippen molar-refractivity contribution in [3.05, 3.63) is 29.3 Å². The maximum Gasteiger partial charge on any atom is 0.254 e. The summed E-state index contributed by atoms with van der Waals surface area (Å²) >= 11 is 0. The first-order chi connectivity index (χ1) is 8.61. The van der Waals surface area contributed by atoms with Crippen molar-refractivity contribution in [1.29, 1.82) is 0 Å². The number of nitrogens with two attached hydrogens (primary N) is 1. The molecular formula is C15H18N2O. The fourth-order valence-corrected chi connectivity index (χ4v) is 1.93. The number of hydrogen-bond donors (Lipinski definition) is 1. The molecule has 1 fully saturated rings. The first-order valence-electron chi connectivity index (χ1n) is 6.20. The van der Waals surface area contributed by atoms with Crippen molar-refractivity contribution in [2.24, 2.45) is 5.92 Å². The summed E-state index contributed by atoms with van der Waals surface area (Å²) < 4.78 is 0. The molecule has 0 spiro atoms. The summed E-state index contributed by atoms with van der Waals surface area (Å²) in [6, 6.07) is 5.36. The predicted molar refractivity (Wildman–Crippen MR) is 73.1 cm³/mol. The van der Waals surface area contributed by atoms with Crippen molar-refractivity contribution < 1.29 is 4.79 Å². The number of benzene rings is 1. The third kappa shape index (κ3) is 2.84. The number of rotatable bonds is 4. The molecule has 0 aromatic heterocycles. The monoisotopic (exact) mass is 242 g/mol. The molecule has 1 aromatic carbocycles. The lowest BCUT2D eigenvalue weighted by Gasteiger charge is -2.20. The molecule has 3 nitrogen and oxygen atoms in total. The highest BCUT2D eigenvalue weighted by Gasteiger charge is 2.26. The highest BCUT2D eigenvalue weighted by atomic mass is 16.2. The van der Waals surface area contributed by atoms with Crippen LogP contribution in [-0.4, -0.2) is 23.9 Å². The van der Waals surface area contributed by atoms with E-state index >= 15 is 0 Å². The zero-order valence-corrected chi connectivity index (χ0v) is 10.6. The quantitative estimate of drug-likeness (QED) is 0.649. The molecule has 0 radical (unpaired) electrons. The highest BCUT2D eigenvalue weighted by Crippen LogP contribution is 2.30. The topological polar surface area (TPSA) is 46.3 Å². The molecule has 0 aliphatic heterocycles. The molecule has 94 valence electrons. The van der Waals surface area contributed by atoms with Crippen molar-refractivity contribution in [2.45, 2.75) is 19.8 Å². The molecule has 1 aliphatic rings. The number of hydrogen-bond acceptors (Lipinski definition) is 2. The van der Waals surface area contributed by atoms with Gasteiger partial charge in [0.1, 0.15) is 0 Å². The van der Waals surface area contributed by atoms with Gasteiger partial charge in [-0.15, -0.1) is 6.42 Å². The van der Waals surface area contributed by atoms with Crippen molar-refractivity contribution in [1.82, 2.24) is 4.90 Å². The van der Waals surface area contributed by atoms with E-state index < -0.39 is 0 Å². The van der Waals surface area contributed by atoms with Crippen LogP contribution in [0.4, 0.5) is 5.69 Å². The van der Waals surface area contributed by atoms with Crippen molar-refractivity contribution >= 4 is 11.6 Å². The van der Waals surface area contributed by atoms with E-state index in [9.17, 15) is 4.79 Å². The zero-order chi connectivity index (χ0) is 13.1. The highest BCUT2D eigenvalue weighted by molar-refractivity contribution is 5.95. The van der Waals surface area contributed by atoms with Gasteiger partial charge >= 0.3 is 0 Å². The molecule has 1 saturated carbocycles. The summed E-state index contributed by atoms with van der Waals surface area (Å²) in [5.41, 5.74) is 8.05. The number of nitrogens with zero attached hydrogens (tertiary/aromatic N) is 1. The van der Waals surface area contributed by atoms with E-state index in [-0.39, 0.29) is 5.91 Å². The van der Waals surface area contributed by atoms with E-state index in [0.29, 0.717) is 23.7 Å². The Labute approximate surface area is 108 Å². The van der Waals surface area contributed by atoms with Crippen LogP contribution in [0.5, 0.6) is 0 Å².